The van der Waals surface area contributed by atoms with E-state index in [2.05, 4.69) is 5.32 Å². The lowest BCUT2D eigenvalue weighted by molar-refractivity contribution is -0.114. The number of rotatable bonds is 5. The topological polar surface area (TPSA) is 46.2 Å². The third-order valence-corrected chi connectivity index (χ3v) is 1.06. The van der Waals surface area contributed by atoms with Crippen LogP contribution in [-0.4, -0.2) is 24.7 Å². The Bertz CT molecular complexity index is 112. The van der Waals surface area contributed by atoms with Gasteiger partial charge >= 0.3 is 0 Å². The van der Waals surface area contributed by atoms with Crippen LogP contribution in [-0.2, 0) is 9.59 Å². The van der Waals surface area contributed by atoms with Gasteiger partial charge in [-0.05, 0) is 0 Å². The van der Waals surface area contributed by atoms with Crippen molar-refractivity contribution in [3.63, 3.8) is 0 Å². The molecular weight excluding hydrogens is 130 g/mol. The molecule has 1 N–H and O–H groups in total. The highest BCUT2D eigenvalue weighted by atomic mass is 16.1. The second-order valence-electron chi connectivity index (χ2n) is 2.47. The number of hydrogen-bond donors (Lipinski definition) is 1. The average Bonchev–Trinajstić information content (AvgIpc) is 1.86. The summed E-state index contributed by atoms with van der Waals surface area (Å²) in [6.45, 7) is 3.86. The standard InChI is InChI=1S/C7H13NO2/c1-6(2)8-7(5-10)3-4-9/h4-8H,3H2,1-2H3/t7-/m1/s1. The lowest BCUT2D eigenvalue weighted by Gasteiger charge is -2.11. The molecule has 0 fully saturated rings. The zero-order valence-corrected chi connectivity index (χ0v) is 6.33. The highest BCUT2D eigenvalue weighted by Crippen LogP contribution is 1.86. The summed E-state index contributed by atoms with van der Waals surface area (Å²) in [5.74, 6) is 0. The second-order valence-corrected chi connectivity index (χ2v) is 2.47. The number of hydrogen-bond acceptors (Lipinski definition) is 3. The summed E-state index contributed by atoms with van der Waals surface area (Å²) in [6.07, 6.45) is 1.77. The SMILES string of the molecule is CC(C)N[C@@H](C=O)CC=O. The predicted octanol–water partition coefficient (Wildman–Crippen LogP) is 0.141. The van der Waals surface area contributed by atoms with Crippen molar-refractivity contribution in [1.82, 2.24) is 5.32 Å². The molecular formula is C7H13NO2. The molecule has 0 unspecified atom stereocenters. The normalized spacial score (nSPS) is 13.1. The van der Waals surface area contributed by atoms with Gasteiger partial charge in [0.2, 0.25) is 0 Å². The van der Waals surface area contributed by atoms with E-state index < -0.39 is 0 Å². The summed E-state index contributed by atoms with van der Waals surface area (Å²) in [7, 11) is 0. The van der Waals surface area contributed by atoms with E-state index in [1.54, 1.807) is 0 Å². The Labute approximate surface area is 60.8 Å². The Kier molecular flexibility index (Phi) is 4.76. The third kappa shape index (κ3) is 4.21. The van der Waals surface area contributed by atoms with Gasteiger partial charge in [-0.3, -0.25) is 0 Å². The van der Waals surface area contributed by atoms with Gasteiger partial charge in [0.15, 0.2) is 0 Å². The van der Waals surface area contributed by atoms with Gasteiger partial charge in [0.25, 0.3) is 0 Å². The van der Waals surface area contributed by atoms with Crippen molar-refractivity contribution in [2.24, 2.45) is 0 Å². The zero-order chi connectivity index (χ0) is 7.98. The van der Waals surface area contributed by atoms with Crippen LogP contribution in [0.25, 0.3) is 0 Å². The van der Waals surface area contributed by atoms with E-state index >= 15 is 0 Å². The maximum atomic E-state index is 10.2. The quantitative estimate of drug-likeness (QED) is 0.557. The van der Waals surface area contributed by atoms with E-state index in [9.17, 15) is 9.59 Å². The van der Waals surface area contributed by atoms with E-state index in [0.29, 0.717) is 0 Å². The Hall–Kier alpha value is -0.700. The van der Waals surface area contributed by atoms with E-state index in [-0.39, 0.29) is 18.5 Å². The van der Waals surface area contributed by atoms with E-state index in [1.807, 2.05) is 13.8 Å². The van der Waals surface area contributed by atoms with Gasteiger partial charge in [0, 0.05) is 12.5 Å². The summed E-state index contributed by atoms with van der Waals surface area (Å²) < 4.78 is 0. The first-order chi connectivity index (χ1) is 4.70. The highest BCUT2D eigenvalue weighted by Gasteiger charge is 2.05. The minimum Gasteiger partial charge on any atom is -0.305 e. The third-order valence-electron chi connectivity index (χ3n) is 1.06. The van der Waals surface area contributed by atoms with Crippen LogP contribution >= 0.6 is 0 Å². The molecule has 1 atom stereocenters. The lowest BCUT2D eigenvalue weighted by atomic mass is 10.2. The number of carbonyl (C=O) groups excluding carboxylic acids is 2. The van der Waals surface area contributed by atoms with Crippen molar-refractivity contribution in [1.29, 1.82) is 0 Å². The summed E-state index contributed by atoms with van der Waals surface area (Å²) in [6, 6.07) is -0.0624. The highest BCUT2D eigenvalue weighted by molar-refractivity contribution is 5.65. The van der Waals surface area contributed by atoms with Crippen LogP contribution in [0.5, 0.6) is 0 Å². The van der Waals surface area contributed by atoms with Crippen LogP contribution < -0.4 is 5.32 Å². The maximum absolute atomic E-state index is 10.2. The first-order valence-corrected chi connectivity index (χ1v) is 3.35. The van der Waals surface area contributed by atoms with Gasteiger partial charge in [0.05, 0.1) is 6.04 Å². The van der Waals surface area contributed by atoms with Crippen molar-refractivity contribution in [2.45, 2.75) is 32.4 Å². The van der Waals surface area contributed by atoms with Gasteiger partial charge in [0.1, 0.15) is 12.6 Å². The van der Waals surface area contributed by atoms with Crippen LogP contribution in [0.4, 0.5) is 0 Å². The molecule has 0 rings (SSSR count). The minimum absolute atomic E-state index is 0.246. The van der Waals surface area contributed by atoms with Crippen LogP contribution in [0, 0.1) is 0 Å². The Balaban J connectivity index is 3.59. The Morgan fingerprint density at radius 1 is 1.40 bits per heavy atom. The molecule has 0 aliphatic carbocycles. The molecule has 0 amide bonds. The fraction of sp³-hybridized carbons (Fsp3) is 0.714. The molecule has 0 bridgehead atoms. The van der Waals surface area contributed by atoms with Crippen LogP contribution in [0.15, 0.2) is 0 Å². The molecule has 0 radical (unpaired) electrons. The Morgan fingerprint density at radius 2 is 2.00 bits per heavy atom. The van der Waals surface area contributed by atoms with Crippen LogP contribution in [0.1, 0.15) is 20.3 Å². The molecule has 0 aromatic carbocycles. The first kappa shape index (κ1) is 9.30. The Morgan fingerprint density at radius 3 is 2.30 bits per heavy atom. The van der Waals surface area contributed by atoms with Crippen molar-refractivity contribution < 1.29 is 9.59 Å². The van der Waals surface area contributed by atoms with Gasteiger partial charge in [-0.1, -0.05) is 13.8 Å². The van der Waals surface area contributed by atoms with Gasteiger partial charge in [-0.2, -0.15) is 0 Å². The van der Waals surface area contributed by atoms with Gasteiger partial charge < -0.3 is 14.9 Å². The summed E-state index contributed by atoms with van der Waals surface area (Å²) >= 11 is 0. The fourth-order valence-corrected chi connectivity index (χ4v) is 0.695. The van der Waals surface area contributed by atoms with Crippen LogP contribution in [0.3, 0.4) is 0 Å². The van der Waals surface area contributed by atoms with Crippen molar-refractivity contribution in [3.05, 3.63) is 0 Å². The molecule has 3 nitrogen and oxygen atoms in total. The largest absolute Gasteiger partial charge is 0.305 e. The summed E-state index contributed by atoms with van der Waals surface area (Å²) in [4.78, 5) is 20.2. The smallest absolute Gasteiger partial charge is 0.137 e. The molecule has 10 heavy (non-hydrogen) atoms. The van der Waals surface area contributed by atoms with Crippen molar-refractivity contribution in [3.8, 4) is 0 Å². The molecule has 0 spiro atoms. The average molecular weight is 143 g/mol. The molecule has 0 aromatic heterocycles. The molecule has 0 saturated heterocycles. The molecule has 0 heterocycles. The molecule has 58 valence electrons. The number of nitrogens with one attached hydrogen (secondary N) is 1. The zero-order valence-electron chi connectivity index (χ0n) is 6.33. The van der Waals surface area contributed by atoms with E-state index in [1.165, 1.54) is 0 Å². The first-order valence-electron chi connectivity index (χ1n) is 3.35. The van der Waals surface area contributed by atoms with E-state index in [0.717, 1.165) is 12.6 Å². The monoisotopic (exact) mass is 143 g/mol. The summed E-state index contributed by atoms with van der Waals surface area (Å²) in [5.41, 5.74) is 0. The van der Waals surface area contributed by atoms with Crippen molar-refractivity contribution in [2.75, 3.05) is 0 Å². The lowest BCUT2D eigenvalue weighted by Crippen LogP contribution is -2.36. The predicted molar refractivity (Wildman–Crippen MR) is 38.8 cm³/mol. The van der Waals surface area contributed by atoms with E-state index in [4.69, 9.17) is 0 Å². The number of aldehydes is 2. The molecule has 3 heteroatoms. The maximum Gasteiger partial charge on any atom is 0.137 e. The van der Waals surface area contributed by atoms with Gasteiger partial charge in [-0.25, -0.2) is 0 Å². The minimum atomic E-state index is -0.308. The van der Waals surface area contributed by atoms with Crippen LogP contribution in [0.2, 0.25) is 0 Å². The molecule has 0 saturated carbocycles. The molecule has 0 aliphatic rings. The summed E-state index contributed by atoms with van der Waals surface area (Å²) in [5, 5.41) is 2.93. The molecule has 0 aromatic rings. The fourth-order valence-electron chi connectivity index (χ4n) is 0.695. The molecule has 0 aliphatic heterocycles. The van der Waals surface area contributed by atoms with Crippen molar-refractivity contribution >= 4 is 12.6 Å². The second kappa shape index (κ2) is 5.11. The number of carbonyl (C=O) groups is 2. The van der Waals surface area contributed by atoms with Gasteiger partial charge in [-0.15, -0.1) is 0 Å².